The minimum atomic E-state index is -0.501. The van der Waals surface area contributed by atoms with E-state index in [1.165, 1.54) is 24.5 Å². The predicted octanol–water partition coefficient (Wildman–Crippen LogP) is 2.42. The zero-order valence-electron chi connectivity index (χ0n) is 11.7. The fourth-order valence-corrected chi connectivity index (χ4v) is 1.69. The topological polar surface area (TPSA) is 82.8 Å². The lowest BCUT2D eigenvalue weighted by Gasteiger charge is -2.09. The Hall–Kier alpha value is -2.63. The van der Waals surface area contributed by atoms with Crippen molar-refractivity contribution in [2.45, 2.75) is 26.7 Å². The molecule has 0 bridgehead atoms. The molecule has 1 aromatic carbocycles. The number of hydrogen-bond acceptors (Lipinski definition) is 6. The second-order valence-corrected chi connectivity index (χ2v) is 4.23. The van der Waals surface area contributed by atoms with Crippen LogP contribution in [0.2, 0.25) is 0 Å². The highest BCUT2D eigenvalue weighted by Gasteiger charge is 2.15. The van der Waals surface area contributed by atoms with Gasteiger partial charge < -0.3 is 13.9 Å². The highest BCUT2D eigenvalue weighted by atomic mass is 16.5. The average Bonchev–Trinajstić information content (AvgIpc) is 2.46. The van der Waals surface area contributed by atoms with Crippen molar-refractivity contribution in [3.63, 3.8) is 0 Å². The molecule has 1 heterocycles. The van der Waals surface area contributed by atoms with Gasteiger partial charge in [0.15, 0.2) is 5.43 Å². The molecule has 2 rings (SSSR count). The van der Waals surface area contributed by atoms with E-state index in [-0.39, 0.29) is 40.7 Å². The number of carbonyl (C=O) groups is 2. The van der Waals surface area contributed by atoms with E-state index in [1.54, 1.807) is 13.8 Å². The molecule has 110 valence electrons. The van der Waals surface area contributed by atoms with E-state index < -0.39 is 11.9 Å². The van der Waals surface area contributed by atoms with Gasteiger partial charge in [-0.2, -0.15) is 0 Å². The second kappa shape index (κ2) is 6.21. The van der Waals surface area contributed by atoms with Gasteiger partial charge in [0.25, 0.3) is 0 Å². The molecule has 0 saturated carbocycles. The molecule has 0 atom stereocenters. The van der Waals surface area contributed by atoms with Crippen LogP contribution in [0.15, 0.2) is 33.7 Å². The summed E-state index contributed by atoms with van der Waals surface area (Å²) in [6.45, 7) is 3.29. The average molecular weight is 290 g/mol. The second-order valence-electron chi connectivity index (χ2n) is 4.23. The van der Waals surface area contributed by atoms with Crippen LogP contribution < -0.4 is 14.9 Å². The van der Waals surface area contributed by atoms with Crippen LogP contribution in [0.4, 0.5) is 0 Å². The van der Waals surface area contributed by atoms with Gasteiger partial charge in [-0.25, -0.2) is 0 Å². The van der Waals surface area contributed by atoms with E-state index >= 15 is 0 Å². The largest absolute Gasteiger partial charge is 0.464 e. The first-order valence-corrected chi connectivity index (χ1v) is 6.52. The Bertz CT molecular complexity index is 743. The van der Waals surface area contributed by atoms with E-state index in [4.69, 9.17) is 13.9 Å². The molecule has 0 spiro atoms. The lowest BCUT2D eigenvalue weighted by molar-refractivity contribution is -0.134. The summed E-state index contributed by atoms with van der Waals surface area (Å²) in [7, 11) is 0. The quantitative estimate of drug-likeness (QED) is 0.635. The lowest BCUT2D eigenvalue weighted by Crippen LogP contribution is -2.10. The third-order valence-electron chi connectivity index (χ3n) is 2.73. The first-order valence-electron chi connectivity index (χ1n) is 6.52. The molecule has 0 radical (unpaired) electrons. The third-order valence-corrected chi connectivity index (χ3v) is 2.73. The highest BCUT2D eigenvalue weighted by molar-refractivity contribution is 5.88. The Morgan fingerprint density at radius 1 is 1.10 bits per heavy atom. The van der Waals surface area contributed by atoms with Gasteiger partial charge >= 0.3 is 11.9 Å². The number of ether oxygens (including phenoxy) is 2. The van der Waals surface area contributed by atoms with Gasteiger partial charge in [-0.3, -0.25) is 14.4 Å². The molecule has 6 nitrogen and oxygen atoms in total. The van der Waals surface area contributed by atoms with Gasteiger partial charge in [0.1, 0.15) is 22.5 Å². The summed E-state index contributed by atoms with van der Waals surface area (Å²) in [6, 6.07) is 3.97. The van der Waals surface area contributed by atoms with Gasteiger partial charge in [-0.05, 0) is 0 Å². The summed E-state index contributed by atoms with van der Waals surface area (Å²) < 4.78 is 15.4. The van der Waals surface area contributed by atoms with Crippen LogP contribution in [0.1, 0.15) is 26.7 Å². The molecule has 0 fully saturated rings. The van der Waals surface area contributed by atoms with E-state index in [9.17, 15) is 14.4 Å². The van der Waals surface area contributed by atoms with E-state index in [0.717, 1.165) is 0 Å². The molecule has 0 aliphatic carbocycles. The van der Waals surface area contributed by atoms with E-state index in [1.807, 2.05) is 0 Å². The summed E-state index contributed by atoms with van der Waals surface area (Å²) in [4.78, 5) is 34.7. The molecule has 0 amide bonds. The first kappa shape index (κ1) is 14.8. The molecule has 0 unspecified atom stereocenters. The van der Waals surface area contributed by atoms with Crippen LogP contribution in [-0.4, -0.2) is 11.9 Å². The van der Waals surface area contributed by atoms with E-state index in [0.29, 0.717) is 0 Å². The van der Waals surface area contributed by atoms with Crippen LogP contribution in [0.3, 0.4) is 0 Å². The van der Waals surface area contributed by atoms with E-state index in [2.05, 4.69) is 0 Å². The highest BCUT2D eigenvalue weighted by Crippen LogP contribution is 2.29. The summed E-state index contributed by atoms with van der Waals surface area (Å²) >= 11 is 0. The zero-order valence-corrected chi connectivity index (χ0v) is 11.7. The maximum atomic E-state index is 11.9. The maximum absolute atomic E-state index is 11.9. The minimum absolute atomic E-state index is 0.0209. The van der Waals surface area contributed by atoms with Crippen LogP contribution >= 0.6 is 0 Å². The molecule has 0 aliphatic heterocycles. The Morgan fingerprint density at radius 2 is 1.76 bits per heavy atom. The van der Waals surface area contributed by atoms with Crippen LogP contribution in [-0.2, 0) is 9.59 Å². The van der Waals surface area contributed by atoms with Gasteiger partial charge in [0, 0.05) is 31.0 Å². The van der Waals surface area contributed by atoms with Gasteiger partial charge in [0.2, 0.25) is 0 Å². The van der Waals surface area contributed by atoms with Crippen molar-refractivity contribution in [2.24, 2.45) is 0 Å². The minimum Gasteiger partial charge on any atom is -0.464 e. The van der Waals surface area contributed by atoms with Gasteiger partial charge in [0.05, 0.1) is 6.26 Å². The summed E-state index contributed by atoms with van der Waals surface area (Å²) in [5.74, 6) is -0.769. The molecule has 21 heavy (non-hydrogen) atoms. The SMILES string of the molecule is CCC(=O)Oc1cc(OC(=O)CC)c2c(=O)ccoc2c1. The predicted molar refractivity (Wildman–Crippen MR) is 74.3 cm³/mol. The number of benzene rings is 1. The number of hydrogen-bond donors (Lipinski definition) is 0. The fraction of sp³-hybridized carbons (Fsp3) is 0.267. The number of esters is 2. The zero-order chi connectivity index (χ0) is 15.4. The Morgan fingerprint density at radius 3 is 2.43 bits per heavy atom. The molecular weight excluding hydrogens is 276 g/mol. The number of fused-ring (bicyclic) bond motifs is 1. The van der Waals surface area contributed by atoms with Crippen LogP contribution in [0.5, 0.6) is 11.5 Å². The van der Waals surface area contributed by atoms with Crippen molar-refractivity contribution in [3.8, 4) is 11.5 Å². The Balaban J connectivity index is 2.57. The molecule has 0 aliphatic rings. The Labute approximate surface area is 120 Å². The molecule has 0 saturated heterocycles. The van der Waals surface area contributed by atoms with Crippen molar-refractivity contribution in [1.29, 1.82) is 0 Å². The van der Waals surface area contributed by atoms with Crippen LogP contribution in [0, 0.1) is 0 Å². The number of carbonyl (C=O) groups excluding carboxylic acids is 2. The van der Waals surface area contributed by atoms with Crippen molar-refractivity contribution >= 4 is 22.9 Å². The fourth-order valence-electron chi connectivity index (χ4n) is 1.69. The molecule has 2 aromatic rings. The smallest absolute Gasteiger partial charge is 0.310 e. The number of rotatable bonds is 4. The normalized spacial score (nSPS) is 10.4. The van der Waals surface area contributed by atoms with Gasteiger partial charge in [-0.15, -0.1) is 0 Å². The molecule has 6 heteroatoms. The third kappa shape index (κ3) is 3.28. The molecule has 1 aromatic heterocycles. The Kier molecular flexibility index (Phi) is 4.37. The monoisotopic (exact) mass is 290 g/mol. The van der Waals surface area contributed by atoms with Crippen molar-refractivity contribution in [3.05, 3.63) is 34.7 Å². The van der Waals surface area contributed by atoms with Crippen molar-refractivity contribution in [2.75, 3.05) is 0 Å². The standard InChI is InChI=1S/C15H14O6/c1-3-13(17)20-9-7-11-15(10(16)5-6-19-11)12(8-9)21-14(18)4-2/h5-8H,3-4H2,1-2H3. The summed E-state index contributed by atoms with van der Waals surface area (Å²) in [5.41, 5.74) is -0.161. The van der Waals surface area contributed by atoms with Crippen LogP contribution in [0.25, 0.3) is 11.0 Å². The maximum Gasteiger partial charge on any atom is 0.310 e. The lowest BCUT2D eigenvalue weighted by atomic mass is 10.2. The summed E-state index contributed by atoms with van der Waals surface area (Å²) in [6.07, 6.45) is 1.57. The van der Waals surface area contributed by atoms with Gasteiger partial charge in [-0.1, -0.05) is 13.8 Å². The molecular formula is C15H14O6. The summed E-state index contributed by atoms with van der Waals surface area (Å²) in [5, 5.41) is 0.135. The van der Waals surface area contributed by atoms with Crippen molar-refractivity contribution < 1.29 is 23.5 Å². The molecule has 0 N–H and O–H groups in total. The van der Waals surface area contributed by atoms with Crippen molar-refractivity contribution in [1.82, 2.24) is 0 Å². The first-order chi connectivity index (χ1) is 10.0.